The Hall–Kier alpha value is -3.93. The summed E-state index contributed by atoms with van der Waals surface area (Å²) >= 11 is 0. The monoisotopic (exact) mass is 502 g/mol. The molecule has 5 heteroatoms. The Bertz CT molecular complexity index is 1330. The van der Waals surface area contributed by atoms with E-state index in [-0.39, 0.29) is 22.7 Å². The number of anilines is 1. The maximum absolute atomic E-state index is 10.3. The summed E-state index contributed by atoms with van der Waals surface area (Å²) in [7, 11) is 2.08. The van der Waals surface area contributed by atoms with E-state index in [4.69, 9.17) is 0 Å². The minimum atomic E-state index is -0.509. The molecule has 0 saturated carbocycles. The number of allylic oxidation sites excluding steroid dienone is 2. The zero-order valence-corrected chi connectivity index (χ0v) is 20.3. The minimum Gasteiger partial charge on any atom is -0.492 e. The predicted molar refractivity (Wildman–Crippen MR) is 140 cm³/mol. The molecule has 0 fully saturated rings. The van der Waals surface area contributed by atoms with E-state index in [0.717, 1.165) is 11.4 Å². The predicted octanol–water partition coefficient (Wildman–Crippen LogP) is 6.34. The van der Waals surface area contributed by atoms with E-state index in [1.165, 1.54) is 16.7 Å². The van der Waals surface area contributed by atoms with Crippen LogP contribution in [0, 0.1) is 0 Å². The van der Waals surface area contributed by atoms with Crippen molar-refractivity contribution in [1.82, 2.24) is 0 Å². The molecule has 1 N–H and O–H groups in total. The molecule has 4 nitrogen and oxygen atoms in total. The van der Waals surface area contributed by atoms with Crippen molar-refractivity contribution in [2.75, 3.05) is 11.9 Å². The third kappa shape index (κ3) is 4.32. The van der Waals surface area contributed by atoms with Crippen LogP contribution in [0.15, 0.2) is 137 Å². The average Bonchev–Trinajstić information content (AvgIpc) is 3.16. The Morgan fingerprint density at radius 1 is 0.743 bits per heavy atom. The van der Waals surface area contributed by atoms with E-state index >= 15 is 0 Å². The topological polar surface area (TPSA) is 48.2 Å². The van der Waals surface area contributed by atoms with E-state index in [2.05, 4.69) is 94.9 Å². The summed E-state index contributed by atoms with van der Waals surface area (Å²) in [6.45, 7) is 0. The van der Waals surface area contributed by atoms with E-state index in [1.54, 1.807) is 18.3 Å². The smallest absolute Gasteiger partial charge is 0.238 e. The maximum atomic E-state index is 10.3. The molecule has 1 heterocycles. The van der Waals surface area contributed by atoms with Gasteiger partial charge in [0.2, 0.25) is 5.90 Å². The summed E-state index contributed by atoms with van der Waals surface area (Å²) in [4.78, 5) is 2.21. The van der Waals surface area contributed by atoms with Gasteiger partial charge in [-0.3, -0.25) is 0 Å². The number of aliphatic hydroxyl groups excluding tert-OH is 1. The number of hydrogen-bond donors (Lipinski definition) is 1. The Labute approximate surface area is 216 Å². The van der Waals surface area contributed by atoms with Crippen molar-refractivity contribution >= 4 is 17.8 Å². The fraction of sp³-hybridized carbons (Fsp3) is 0.0667. The summed E-state index contributed by atoms with van der Waals surface area (Å²) in [6.07, 6.45) is 3.64. The first-order valence-corrected chi connectivity index (χ1v) is 11.2. The van der Waals surface area contributed by atoms with Gasteiger partial charge in [0, 0.05) is 40.8 Å². The average molecular weight is 502 g/mol. The molecule has 1 radical (unpaired) electrons. The van der Waals surface area contributed by atoms with Gasteiger partial charge in [-0.25, -0.2) is 0 Å². The first-order chi connectivity index (χ1) is 16.7. The van der Waals surface area contributed by atoms with Gasteiger partial charge in [0.15, 0.2) is 0 Å². The molecule has 0 aromatic heterocycles. The quantitative estimate of drug-likeness (QED) is 0.197. The summed E-state index contributed by atoms with van der Waals surface area (Å²) < 4.78 is 0. The summed E-state index contributed by atoms with van der Waals surface area (Å²) in [5.41, 5.74) is 5.88. The number of hydrogen-bond acceptors (Lipinski definition) is 3. The van der Waals surface area contributed by atoms with Crippen LogP contribution in [-0.2, 0) is 22.2 Å². The fourth-order valence-electron chi connectivity index (χ4n) is 4.83. The van der Waals surface area contributed by atoms with Gasteiger partial charge in [0.25, 0.3) is 0 Å². The van der Waals surface area contributed by atoms with Crippen molar-refractivity contribution in [3.63, 3.8) is 0 Å². The molecule has 1 aliphatic rings. The molecule has 35 heavy (non-hydrogen) atoms. The molecule has 0 saturated heterocycles. The molecule has 175 valence electrons. The van der Waals surface area contributed by atoms with Crippen molar-refractivity contribution in [3.05, 3.63) is 149 Å². The number of para-hydroxylation sites is 1. The molecule has 0 bridgehead atoms. The third-order valence-electron chi connectivity index (χ3n) is 6.31. The van der Waals surface area contributed by atoms with Gasteiger partial charge in [-0.15, -0.1) is 5.10 Å². The van der Waals surface area contributed by atoms with Gasteiger partial charge in [-0.2, -0.15) is 5.10 Å². The van der Waals surface area contributed by atoms with E-state index in [0.29, 0.717) is 5.56 Å². The van der Waals surface area contributed by atoms with Gasteiger partial charge >= 0.3 is 0 Å². The van der Waals surface area contributed by atoms with E-state index in [1.807, 2.05) is 36.4 Å². The number of benzene rings is 4. The Kier molecular flexibility index (Phi) is 7.30. The van der Waals surface area contributed by atoms with Crippen LogP contribution >= 0.6 is 0 Å². The van der Waals surface area contributed by atoms with Gasteiger partial charge in [0.1, 0.15) is 0 Å². The molecule has 4 aromatic rings. The molecular weight excluding hydrogens is 477 g/mol. The normalized spacial score (nSPS) is 15.7. The van der Waals surface area contributed by atoms with Crippen LogP contribution < -0.4 is 4.90 Å². The Morgan fingerprint density at radius 2 is 1.26 bits per heavy atom. The van der Waals surface area contributed by atoms with E-state index < -0.39 is 5.41 Å². The second-order valence-electron chi connectivity index (χ2n) is 8.16. The molecule has 0 atom stereocenters. The first-order valence-electron chi connectivity index (χ1n) is 11.2. The molecule has 0 spiro atoms. The van der Waals surface area contributed by atoms with Gasteiger partial charge in [-0.05, 0) is 41.0 Å². The molecule has 1 aliphatic heterocycles. The van der Waals surface area contributed by atoms with E-state index in [9.17, 15) is 5.11 Å². The molecule has 4 aromatic carbocycles. The van der Waals surface area contributed by atoms with Crippen molar-refractivity contribution in [1.29, 1.82) is 0 Å². The zero-order chi connectivity index (χ0) is 23.4. The summed E-state index contributed by atoms with van der Waals surface area (Å²) in [6, 6.07) is 38.8. The van der Waals surface area contributed by atoms with Crippen LogP contribution in [0.4, 0.5) is 5.69 Å². The van der Waals surface area contributed by atoms with Crippen molar-refractivity contribution in [2.45, 2.75) is 5.41 Å². The van der Waals surface area contributed by atoms with Gasteiger partial charge in [-0.1, -0.05) is 97.1 Å². The number of fused-ring (bicyclic) bond motifs is 1. The van der Waals surface area contributed by atoms with Crippen LogP contribution in [0.25, 0.3) is 0 Å². The molecule has 0 unspecified atom stereocenters. The van der Waals surface area contributed by atoms with Crippen LogP contribution in [0.2, 0.25) is 0 Å². The largest absolute Gasteiger partial charge is 0.492 e. The third-order valence-corrected chi connectivity index (χ3v) is 6.31. The first kappa shape index (κ1) is 24.2. The number of likely N-dealkylation sites (N-methyl/N-ethyl adjacent to an activating group) is 1. The van der Waals surface area contributed by atoms with Crippen molar-refractivity contribution in [3.8, 4) is 0 Å². The molecule has 5 rings (SSSR count). The van der Waals surface area contributed by atoms with Crippen LogP contribution in [0.1, 0.15) is 22.3 Å². The SMILES string of the molecule is CN1\C(=C/C=N/N=C(\O)c2ccccc2)C(c2ccccc2)(c2ccccc2)c2ccccc21.[Co]. The van der Waals surface area contributed by atoms with Gasteiger partial charge in [0.05, 0.1) is 11.6 Å². The fourth-order valence-corrected chi connectivity index (χ4v) is 4.83. The van der Waals surface area contributed by atoms with Crippen LogP contribution in [-0.4, -0.2) is 24.3 Å². The zero-order valence-electron chi connectivity index (χ0n) is 19.2. The standard InChI is InChI=1S/C30H25N3O.Co/c1-33-27-20-12-11-19-26(27)30(24-15-7-3-8-16-24,25-17-9-4-10-18-25)28(33)21-22-31-32-29(34)23-13-5-2-6-14-23;/h2-22H,1H3,(H,32,34);/b28-21-,31-22+;. The molecule has 0 aliphatic carbocycles. The number of aliphatic hydroxyl groups is 1. The Balaban J connectivity index is 0.00000289. The summed E-state index contributed by atoms with van der Waals surface area (Å²) in [5, 5.41) is 18.4. The van der Waals surface area contributed by atoms with Crippen molar-refractivity contribution < 1.29 is 21.9 Å². The maximum Gasteiger partial charge on any atom is 0.238 e. The molecule has 0 amide bonds. The summed E-state index contributed by atoms with van der Waals surface area (Å²) in [5.74, 6) is -0.115. The minimum absolute atomic E-state index is 0. The second-order valence-corrected chi connectivity index (χ2v) is 8.16. The molecular formula is C30H25CoN3O. The van der Waals surface area contributed by atoms with Crippen molar-refractivity contribution in [2.24, 2.45) is 10.2 Å². The number of nitrogens with zero attached hydrogens (tertiary/aromatic N) is 3. The van der Waals surface area contributed by atoms with Crippen LogP contribution in [0.5, 0.6) is 0 Å². The van der Waals surface area contributed by atoms with Crippen LogP contribution in [0.3, 0.4) is 0 Å². The van der Waals surface area contributed by atoms with Gasteiger partial charge < -0.3 is 10.0 Å². The Morgan fingerprint density at radius 3 is 1.86 bits per heavy atom. The second kappa shape index (κ2) is 10.6. The number of rotatable bonds is 5.